The average molecular weight is 267 g/mol. The number of imidazole rings is 1. The molecule has 0 bridgehead atoms. The number of para-hydroxylation sites is 1. The lowest BCUT2D eigenvalue weighted by atomic mass is 10.2. The Morgan fingerprint density at radius 1 is 1.33 bits per heavy atom. The Morgan fingerprint density at radius 2 is 2.06 bits per heavy atom. The van der Waals surface area contributed by atoms with Gasteiger partial charge in [0.25, 0.3) is 0 Å². The summed E-state index contributed by atoms with van der Waals surface area (Å²) in [5, 5.41) is -0.110. The lowest BCUT2D eigenvalue weighted by molar-refractivity contribution is 0.419. The van der Waals surface area contributed by atoms with Crippen molar-refractivity contribution in [3.05, 3.63) is 24.0 Å². The first-order valence-corrected chi connectivity index (χ1v) is 6.65. The van der Waals surface area contributed by atoms with E-state index in [4.69, 9.17) is 16.3 Å². The Bertz CT molecular complexity index is 546. The summed E-state index contributed by atoms with van der Waals surface area (Å²) < 4.78 is 7.56. The average Bonchev–Trinajstić information content (AvgIpc) is 2.67. The van der Waals surface area contributed by atoms with Crippen LogP contribution in [0.4, 0.5) is 0 Å². The lowest BCUT2D eigenvalue weighted by Gasteiger charge is -2.12. The first-order chi connectivity index (χ1) is 8.54. The number of hydrogen-bond acceptors (Lipinski definition) is 2. The van der Waals surface area contributed by atoms with Crippen LogP contribution in [0.3, 0.4) is 0 Å². The van der Waals surface area contributed by atoms with E-state index in [9.17, 15) is 0 Å². The molecule has 18 heavy (non-hydrogen) atoms. The predicted octanol–water partition coefficient (Wildman–Crippen LogP) is 4.00. The number of rotatable bonds is 4. The van der Waals surface area contributed by atoms with Crippen LogP contribution in [-0.2, 0) is 6.54 Å². The zero-order valence-electron chi connectivity index (χ0n) is 11.3. The Morgan fingerprint density at radius 3 is 2.61 bits per heavy atom. The van der Waals surface area contributed by atoms with E-state index in [0.29, 0.717) is 5.92 Å². The summed E-state index contributed by atoms with van der Waals surface area (Å²) in [5.41, 5.74) is 1.98. The highest BCUT2D eigenvalue weighted by Gasteiger charge is 2.17. The SMILES string of the molecule is COc1cccc2c1nc(C(C)Cl)n2CC(C)C. The number of alkyl halides is 1. The van der Waals surface area contributed by atoms with Crippen LogP contribution in [0.2, 0.25) is 0 Å². The van der Waals surface area contributed by atoms with Gasteiger partial charge in [-0.2, -0.15) is 0 Å². The largest absolute Gasteiger partial charge is 0.494 e. The Kier molecular flexibility index (Phi) is 3.81. The summed E-state index contributed by atoms with van der Waals surface area (Å²) in [6, 6.07) is 5.98. The summed E-state index contributed by atoms with van der Waals surface area (Å²) >= 11 is 6.23. The van der Waals surface area contributed by atoms with Crippen molar-refractivity contribution >= 4 is 22.6 Å². The second-order valence-electron chi connectivity index (χ2n) is 4.92. The van der Waals surface area contributed by atoms with Crippen molar-refractivity contribution in [2.45, 2.75) is 32.7 Å². The van der Waals surface area contributed by atoms with Crippen LogP contribution in [0.1, 0.15) is 32.0 Å². The fourth-order valence-corrected chi connectivity index (χ4v) is 2.33. The fourth-order valence-electron chi connectivity index (χ4n) is 2.16. The van der Waals surface area contributed by atoms with Gasteiger partial charge in [-0.25, -0.2) is 4.98 Å². The number of aromatic nitrogens is 2. The van der Waals surface area contributed by atoms with Gasteiger partial charge < -0.3 is 9.30 Å². The van der Waals surface area contributed by atoms with Crippen LogP contribution >= 0.6 is 11.6 Å². The number of hydrogen-bond donors (Lipinski definition) is 0. The standard InChI is InChI=1S/C14H19ClN2O/c1-9(2)8-17-11-6-5-7-12(18-4)13(11)16-14(17)10(3)15/h5-7,9-10H,8H2,1-4H3. The molecule has 0 amide bonds. The van der Waals surface area contributed by atoms with Crippen molar-refractivity contribution in [1.29, 1.82) is 0 Å². The summed E-state index contributed by atoms with van der Waals surface area (Å²) in [6.07, 6.45) is 0. The highest BCUT2D eigenvalue weighted by atomic mass is 35.5. The fraction of sp³-hybridized carbons (Fsp3) is 0.500. The first kappa shape index (κ1) is 13.2. The molecule has 0 fully saturated rings. The molecule has 1 heterocycles. The molecule has 0 radical (unpaired) electrons. The summed E-state index contributed by atoms with van der Waals surface area (Å²) in [4.78, 5) is 4.64. The molecule has 2 aromatic rings. The molecule has 4 heteroatoms. The summed E-state index contributed by atoms with van der Waals surface area (Å²) in [6.45, 7) is 7.24. The Labute approximate surface area is 113 Å². The normalized spacial score (nSPS) is 13.2. The molecule has 1 atom stereocenters. The molecular formula is C14H19ClN2O. The zero-order valence-corrected chi connectivity index (χ0v) is 12.0. The lowest BCUT2D eigenvalue weighted by Crippen LogP contribution is -2.08. The van der Waals surface area contributed by atoms with Crippen LogP contribution in [0.25, 0.3) is 11.0 Å². The van der Waals surface area contributed by atoms with Crippen molar-refractivity contribution in [1.82, 2.24) is 9.55 Å². The molecule has 0 aliphatic heterocycles. The van der Waals surface area contributed by atoms with Crippen LogP contribution in [-0.4, -0.2) is 16.7 Å². The molecule has 0 N–H and O–H groups in total. The van der Waals surface area contributed by atoms with E-state index in [1.165, 1.54) is 0 Å². The van der Waals surface area contributed by atoms with Crippen molar-refractivity contribution in [3.63, 3.8) is 0 Å². The van der Waals surface area contributed by atoms with Crippen molar-refractivity contribution < 1.29 is 4.74 Å². The molecule has 0 spiro atoms. The van der Waals surface area contributed by atoms with Gasteiger partial charge in [-0.05, 0) is 25.0 Å². The maximum atomic E-state index is 6.23. The molecule has 0 saturated heterocycles. The Balaban J connectivity index is 2.67. The van der Waals surface area contributed by atoms with E-state index in [1.54, 1.807) is 7.11 Å². The highest BCUT2D eigenvalue weighted by molar-refractivity contribution is 6.20. The topological polar surface area (TPSA) is 27.1 Å². The minimum atomic E-state index is -0.110. The monoisotopic (exact) mass is 266 g/mol. The third-order valence-electron chi connectivity index (χ3n) is 2.89. The molecule has 2 rings (SSSR count). The summed E-state index contributed by atoms with van der Waals surface area (Å²) in [7, 11) is 1.67. The third kappa shape index (κ3) is 2.32. The van der Waals surface area contributed by atoms with Crippen molar-refractivity contribution in [3.8, 4) is 5.75 Å². The van der Waals surface area contributed by atoms with Gasteiger partial charge in [0.2, 0.25) is 0 Å². The predicted molar refractivity (Wildman–Crippen MR) is 75.4 cm³/mol. The van der Waals surface area contributed by atoms with Gasteiger partial charge in [0.15, 0.2) is 0 Å². The third-order valence-corrected chi connectivity index (χ3v) is 3.09. The molecular weight excluding hydrogens is 248 g/mol. The zero-order chi connectivity index (χ0) is 13.3. The molecule has 3 nitrogen and oxygen atoms in total. The van der Waals surface area contributed by atoms with Gasteiger partial charge in [-0.3, -0.25) is 0 Å². The van der Waals surface area contributed by atoms with Gasteiger partial charge in [-0.1, -0.05) is 19.9 Å². The smallest absolute Gasteiger partial charge is 0.146 e. The second kappa shape index (κ2) is 5.19. The number of methoxy groups -OCH3 is 1. The maximum Gasteiger partial charge on any atom is 0.146 e. The van der Waals surface area contributed by atoms with E-state index in [1.807, 2.05) is 19.1 Å². The van der Waals surface area contributed by atoms with Gasteiger partial charge >= 0.3 is 0 Å². The molecule has 1 unspecified atom stereocenters. The van der Waals surface area contributed by atoms with Gasteiger partial charge in [0.1, 0.15) is 17.1 Å². The summed E-state index contributed by atoms with van der Waals surface area (Å²) in [5.74, 6) is 2.25. The minimum absolute atomic E-state index is 0.110. The number of benzene rings is 1. The number of fused-ring (bicyclic) bond motifs is 1. The van der Waals surface area contributed by atoms with E-state index in [2.05, 4.69) is 29.5 Å². The molecule has 1 aromatic carbocycles. The van der Waals surface area contributed by atoms with Crippen molar-refractivity contribution in [2.75, 3.05) is 7.11 Å². The molecule has 98 valence electrons. The van der Waals surface area contributed by atoms with E-state index in [-0.39, 0.29) is 5.38 Å². The van der Waals surface area contributed by atoms with Crippen LogP contribution in [0, 0.1) is 5.92 Å². The Hall–Kier alpha value is -1.22. The van der Waals surface area contributed by atoms with Crippen LogP contribution < -0.4 is 4.74 Å². The van der Waals surface area contributed by atoms with Gasteiger partial charge in [-0.15, -0.1) is 11.6 Å². The number of ether oxygens (including phenoxy) is 1. The van der Waals surface area contributed by atoms with E-state index < -0.39 is 0 Å². The molecule has 1 aromatic heterocycles. The van der Waals surface area contributed by atoms with E-state index in [0.717, 1.165) is 29.2 Å². The van der Waals surface area contributed by atoms with Gasteiger partial charge in [0, 0.05) is 6.54 Å². The number of nitrogens with zero attached hydrogens (tertiary/aromatic N) is 2. The van der Waals surface area contributed by atoms with E-state index >= 15 is 0 Å². The van der Waals surface area contributed by atoms with Gasteiger partial charge in [0.05, 0.1) is 18.0 Å². The van der Waals surface area contributed by atoms with Crippen LogP contribution in [0.15, 0.2) is 18.2 Å². The maximum absolute atomic E-state index is 6.23. The highest BCUT2D eigenvalue weighted by Crippen LogP contribution is 2.30. The minimum Gasteiger partial charge on any atom is -0.494 e. The second-order valence-corrected chi connectivity index (χ2v) is 5.57. The van der Waals surface area contributed by atoms with Crippen molar-refractivity contribution in [2.24, 2.45) is 5.92 Å². The first-order valence-electron chi connectivity index (χ1n) is 6.21. The quantitative estimate of drug-likeness (QED) is 0.782. The molecule has 0 aliphatic rings. The van der Waals surface area contributed by atoms with Crippen LogP contribution in [0.5, 0.6) is 5.75 Å². The molecule has 0 saturated carbocycles. The number of halogens is 1. The molecule has 0 aliphatic carbocycles.